The number of hydrogen-bond acceptors (Lipinski definition) is 2. The topological polar surface area (TPSA) is 17.1 Å². The summed E-state index contributed by atoms with van der Waals surface area (Å²) in [5.41, 5.74) is 1.09. The summed E-state index contributed by atoms with van der Waals surface area (Å²) in [4.78, 5) is 11.3. The second-order valence-corrected chi connectivity index (χ2v) is 3.09. The van der Waals surface area contributed by atoms with Crippen molar-refractivity contribution in [3.63, 3.8) is 0 Å². The quantitative estimate of drug-likeness (QED) is 0.522. The Hall–Kier alpha value is -1.02. The summed E-state index contributed by atoms with van der Waals surface area (Å²) in [5.74, 6) is 0. The number of rotatable bonds is 3. The molecule has 1 nitrogen and oxygen atoms in total. The molecule has 2 heteroatoms. The molecule has 0 spiro atoms. The molecule has 0 atom stereocenters. The van der Waals surface area contributed by atoms with Crippen LogP contribution in [-0.4, -0.2) is 12.5 Å². The lowest BCUT2D eigenvalue weighted by atomic mass is 10.2. The molecule has 0 saturated heterocycles. The van der Waals surface area contributed by atoms with Gasteiger partial charge in [-0.05, 0) is 17.9 Å². The van der Waals surface area contributed by atoms with Crippen molar-refractivity contribution < 1.29 is 4.79 Å². The van der Waals surface area contributed by atoms with Crippen LogP contribution >= 0.6 is 11.8 Å². The second kappa shape index (κ2) is 4.78. The zero-order chi connectivity index (χ0) is 8.81. The smallest absolute Gasteiger partial charge is 0.143 e. The first-order valence-corrected chi connectivity index (χ1v) is 4.86. The first kappa shape index (κ1) is 9.07. The van der Waals surface area contributed by atoms with Gasteiger partial charge in [0.2, 0.25) is 0 Å². The van der Waals surface area contributed by atoms with E-state index in [0.717, 1.165) is 16.8 Å². The second-order valence-electron chi connectivity index (χ2n) is 2.24. The fourth-order valence-corrected chi connectivity index (χ4v) is 1.51. The van der Waals surface area contributed by atoms with Crippen LogP contribution in [0.4, 0.5) is 0 Å². The van der Waals surface area contributed by atoms with Gasteiger partial charge in [0.15, 0.2) is 0 Å². The number of benzene rings is 1. The number of aldehydes is 1. The molecule has 0 unspecified atom stereocenters. The van der Waals surface area contributed by atoms with Crippen LogP contribution in [0.15, 0.2) is 36.4 Å². The number of carbonyl (C=O) groups is 1. The van der Waals surface area contributed by atoms with Crippen LogP contribution in [0.25, 0.3) is 4.91 Å². The lowest BCUT2D eigenvalue weighted by molar-refractivity contribution is -0.104. The summed E-state index contributed by atoms with van der Waals surface area (Å²) in [6.45, 7) is 0. The molecule has 0 amide bonds. The number of thioether (sulfide) groups is 1. The largest absolute Gasteiger partial charge is 0.299 e. The predicted octanol–water partition coefficient (Wildman–Crippen LogP) is 2.59. The van der Waals surface area contributed by atoms with E-state index < -0.39 is 0 Å². The summed E-state index contributed by atoms with van der Waals surface area (Å²) in [6.07, 6.45) is 4.36. The Morgan fingerprint density at radius 2 is 2.00 bits per heavy atom. The van der Waals surface area contributed by atoms with Crippen molar-refractivity contribution in [3.05, 3.63) is 42.0 Å². The summed E-state index contributed by atoms with van der Waals surface area (Å²) < 4.78 is 0. The Bertz CT molecular complexity index is 277. The number of allylic oxidation sites excluding steroid dienone is 1. The Balaban J connectivity index is 2.95. The van der Waals surface area contributed by atoms with Crippen molar-refractivity contribution in [2.45, 2.75) is 0 Å². The highest BCUT2D eigenvalue weighted by Gasteiger charge is 1.96. The Morgan fingerprint density at radius 1 is 1.33 bits per heavy atom. The third-order valence-electron chi connectivity index (χ3n) is 1.50. The molecule has 0 N–H and O–H groups in total. The van der Waals surface area contributed by atoms with Gasteiger partial charge in [-0.15, -0.1) is 11.8 Å². The average molecular weight is 178 g/mol. The maximum Gasteiger partial charge on any atom is 0.143 e. The van der Waals surface area contributed by atoms with Crippen LogP contribution in [0.1, 0.15) is 5.56 Å². The van der Waals surface area contributed by atoms with Crippen molar-refractivity contribution in [1.29, 1.82) is 0 Å². The van der Waals surface area contributed by atoms with E-state index in [1.165, 1.54) is 0 Å². The molecular formula is C10H10OS. The number of hydrogen-bond donors (Lipinski definition) is 0. The van der Waals surface area contributed by atoms with Gasteiger partial charge in [-0.25, -0.2) is 0 Å². The fourth-order valence-electron chi connectivity index (χ4n) is 0.946. The molecule has 0 aromatic heterocycles. The highest BCUT2D eigenvalue weighted by Crippen LogP contribution is 2.23. The molecule has 0 aliphatic carbocycles. The Labute approximate surface area is 76.5 Å². The molecule has 0 heterocycles. The van der Waals surface area contributed by atoms with E-state index in [1.54, 1.807) is 17.8 Å². The van der Waals surface area contributed by atoms with Crippen molar-refractivity contribution >= 4 is 23.0 Å². The summed E-state index contributed by atoms with van der Waals surface area (Å²) in [7, 11) is 0. The molecule has 0 saturated carbocycles. The van der Waals surface area contributed by atoms with Crippen LogP contribution in [0.2, 0.25) is 0 Å². The molecule has 1 aromatic rings. The van der Waals surface area contributed by atoms with Gasteiger partial charge in [0.05, 0.1) is 0 Å². The third-order valence-corrected chi connectivity index (χ3v) is 2.31. The van der Waals surface area contributed by atoms with E-state index in [1.807, 2.05) is 36.6 Å². The monoisotopic (exact) mass is 178 g/mol. The van der Waals surface area contributed by atoms with Crippen molar-refractivity contribution in [1.82, 2.24) is 0 Å². The summed E-state index contributed by atoms with van der Waals surface area (Å²) >= 11 is 1.58. The van der Waals surface area contributed by atoms with Gasteiger partial charge in [-0.3, -0.25) is 4.79 Å². The molecule has 1 aromatic carbocycles. The standard InChI is InChI=1S/C10H10OS/c1-12-10(7-8-11)9-5-3-2-4-6-9/h2-8H,1H3/b10-7+. The van der Waals surface area contributed by atoms with E-state index in [2.05, 4.69) is 0 Å². The van der Waals surface area contributed by atoms with Crippen molar-refractivity contribution in [3.8, 4) is 0 Å². The highest BCUT2D eigenvalue weighted by molar-refractivity contribution is 8.07. The summed E-state index contributed by atoms with van der Waals surface area (Å²) in [5, 5.41) is 0. The first-order valence-electron chi connectivity index (χ1n) is 3.63. The van der Waals surface area contributed by atoms with Gasteiger partial charge in [-0.2, -0.15) is 0 Å². The average Bonchev–Trinajstić information content (AvgIpc) is 2.15. The molecule has 1 rings (SSSR count). The van der Waals surface area contributed by atoms with Gasteiger partial charge in [0.1, 0.15) is 6.29 Å². The number of carbonyl (C=O) groups excluding carboxylic acids is 1. The minimum absolute atomic E-state index is 0.818. The van der Waals surface area contributed by atoms with Gasteiger partial charge < -0.3 is 0 Å². The maximum atomic E-state index is 10.3. The zero-order valence-corrected chi connectivity index (χ0v) is 7.67. The molecule has 0 aliphatic rings. The Kier molecular flexibility index (Phi) is 3.61. The minimum atomic E-state index is 0.818. The predicted molar refractivity (Wildman–Crippen MR) is 54.0 cm³/mol. The van der Waals surface area contributed by atoms with Crippen LogP contribution in [0.3, 0.4) is 0 Å². The Morgan fingerprint density at radius 3 is 2.50 bits per heavy atom. The first-order chi connectivity index (χ1) is 5.88. The van der Waals surface area contributed by atoms with Gasteiger partial charge in [-0.1, -0.05) is 30.3 Å². The molecular weight excluding hydrogens is 168 g/mol. The van der Waals surface area contributed by atoms with Crippen molar-refractivity contribution in [2.24, 2.45) is 0 Å². The molecule has 0 aliphatic heterocycles. The van der Waals surface area contributed by atoms with E-state index in [4.69, 9.17) is 0 Å². The minimum Gasteiger partial charge on any atom is -0.299 e. The lowest BCUT2D eigenvalue weighted by Gasteiger charge is -2.00. The molecule has 62 valence electrons. The molecule has 0 fully saturated rings. The van der Waals surface area contributed by atoms with E-state index in [-0.39, 0.29) is 0 Å². The van der Waals surface area contributed by atoms with E-state index >= 15 is 0 Å². The van der Waals surface area contributed by atoms with Crippen molar-refractivity contribution in [2.75, 3.05) is 6.26 Å². The third kappa shape index (κ3) is 2.24. The molecule has 12 heavy (non-hydrogen) atoms. The maximum absolute atomic E-state index is 10.3. The van der Waals surface area contributed by atoms with Gasteiger partial charge >= 0.3 is 0 Å². The lowest BCUT2D eigenvalue weighted by Crippen LogP contribution is -1.78. The summed E-state index contributed by atoms with van der Waals surface area (Å²) in [6, 6.07) is 9.87. The SMILES string of the molecule is CS/C(=C/C=O)c1ccccc1. The van der Waals surface area contributed by atoms with Gasteiger partial charge in [0, 0.05) is 4.91 Å². The molecule has 0 bridgehead atoms. The normalized spacial score (nSPS) is 11.2. The fraction of sp³-hybridized carbons (Fsp3) is 0.100. The van der Waals surface area contributed by atoms with E-state index in [9.17, 15) is 4.79 Å². The van der Waals surface area contributed by atoms with Gasteiger partial charge in [0.25, 0.3) is 0 Å². The van der Waals surface area contributed by atoms with E-state index in [0.29, 0.717) is 0 Å². The molecule has 0 radical (unpaired) electrons. The van der Waals surface area contributed by atoms with Crippen LogP contribution < -0.4 is 0 Å². The van der Waals surface area contributed by atoms with Crippen LogP contribution in [0, 0.1) is 0 Å². The van der Waals surface area contributed by atoms with Crippen LogP contribution in [0.5, 0.6) is 0 Å². The highest BCUT2D eigenvalue weighted by atomic mass is 32.2. The van der Waals surface area contributed by atoms with Crippen LogP contribution in [-0.2, 0) is 4.79 Å². The zero-order valence-electron chi connectivity index (χ0n) is 6.86.